The fraction of sp³-hybridized carbons (Fsp3) is 0.692. The highest BCUT2D eigenvalue weighted by Gasteiger charge is 2.34. The molecule has 0 aromatic carbocycles. The Bertz CT molecular complexity index is 287. The minimum atomic E-state index is 0.341. The highest BCUT2D eigenvalue weighted by molar-refractivity contribution is 5.43. The molecule has 0 saturated heterocycles. The van der Waals surface area contributed by atoms with Crippen molar-refractivity contribution in [3.8, 4) is 0 Å². The van der Waals surface area contributed by atoms with Gasteiger partial charge in [-0.3, -0.25) is 0 Å². The molecule has 0 amide bonds. The molecule has 1 aliphatic carbocycles. The van der Waals surface area contributed by atoms with Crippen LogP contribution in [0.3, 0.4) is 0 Å². The molecule has 1 atom stereocenters. The summed E-state index contributed by atoms with van der Waals surface area (Å²) in [5.74, 6) is 0.677. The van der Waals surface area contributed by atoms with Crippen molar-refractivity contribution in [3.05, 3.63) is 22.3 Å². The number of rotatable bonds is 0. The molecule has 0 heteroatoms. The van der Waals surface area contributed by atoms with Crippen molar-refractivity contribution in [1.29, 1.82) is 0 Å². The lowest BCUT2D eigenvalue weighted by Gasteiger charge is -2.40. The zero-order chi connectivity index (χ0) is 10.4. The van der Waals surface area contributed by atoms with Crippen molar-refractivity contribution in [2.24, 2.45) is 11.3 Å². The minimum Gasteiger partial charge on any atom is -0.0665 e. The average Bonchev–Trinajstić information content (AvgIpc) is 2.09. The molecule has 0 spiro atoms. The second-order valence-electron chi connectivity index (χ2n) is 5.00. The Morgan fingerprint density at radius 2 is 1.38 bits per heavy atom. The van der Waals surface area contributed by atoms with Crippen molar-refractivity contribution in [2.45, 2.75) is 48.5 Å². The summed E-state index contributed by atoms with van der Waals surface area (Å²) in [7, 11) is 0. The fourth-order valence-electron chi connectivity index (χ4n) is 2.25. The first-order valence-corrected chi connectivity index (χ1v) is 5.15. The Hall–Kier alpha value is -0.520. The molecule has 13 heavy (non-hydrogen) atoms. The van der Waals surface area contributed by atoms with Gasteiger partial charge in [-0.25, -0.2) is 0 Å². The van der Waals surface area contributed by atoms with Gasteiger partial charge in [0.15, 0.2) is 0 Å². The van der Waals surface area contributed by atoms with Gasteiger partial charge < -0.3 is 0 Å². The molecule has 0 aromatic heterocycles. The first kappa shape index (κ1) is 10.6. The number of allylic oxidation sites excluding steroid dienone is 4. The third-order valence-corrected chi connectivity index (χ3v) is 4.42. The molecule has 0 nitrogen and oxygen atoms in total. The van der Waals surface area contributed by atoms with Crippen LogP contribution in [0.25, 0.3) is 0 Å². The summed E-state index contributed by atoms with van der Waals surface area (Å²) in [5.41, 5.74) is 6.47. The van der Waals surface area contributed by atoms with Crippen LogP contribution in [0.5, 0.6) is 0 Å². The van der Waals surface area contributed by atoms with Crippen molar-refractivity contribution < 1.29 is 0 Å². The highest BCUT2D eigenvalue weighted by atomic mass is 14.4. The van der Waals surface area contributed by atoms with Crippen LogP contribution >= 0.6 is 0 Å². The minimum absolute atomic E-state index is 0.341. The first-order valence-electron chi connectivity index (χ1n) is 5.15. The molecular weight excluding hydrogens is 156 g/mol. The van der Waals surface area contributed by atoms with Gasteiger partial charge >= 0.3 is 0 Å². The van der Waals surface area contributed by atoms with E-state index in [1.165, 1.54) is 11.1 Å². The van der Waals surface area contributed by atoms with Crippen LogP contribution in [-0.4, -0.2) is 0 Å². The van der Waals surface area contributed by atoms with Crippen LogP contribution in [0.4, 0.5) is 0 Å². The van der Waals surface area contributed by atoms with E-state index < -0.39 is 0 Å². The maximum Gasteiger partial charge on any atom is -0.00788 e. The van der Waals surface area contributed by atoms with E-state index in [0.717, 1.165) is 0 Å². The molecule has 0 saturated carbocycles. The summed E-state index contributed by atoms with van der Waals surface area (Å²) in [6, 6.07) is 0. The SMILES string of the molecule is CC1=C(C)C(C)C(C)(C)C(C)=C1C. The quantitative estimate of drug-likeness (QED) is 0.518. The standard InChI is InChI=1S/C13H22/c1-8-9(2)11(4)13(6,7)12(5)10(8)3/h11H,1-7H3. The van der Waals surface area contributed by atoms with E-state index in [9.17, 15) is 0 Å². The monoisotopic (exact) mass is 178 g/mol. The van der Waals surface area contributed by atoms with Gasteiger partial charge in [-0.05, 0) is 50.2 Å². The van der Waals surface area contributed by atoms with Crippen LogP contribution in [0.15, 0.2) is 22.3 Å². The van der Waals surface area contributed by atoms with E-state index in [1.807, 2.05) is 0 Å². The normalized spacial score (nSPS) is 28.4. The van der Waals surface area contributed by atoms with Gasteiger partial charge in [0.25, 0.3) is 0 Å². The van der Waals surface area contributed by atoms with Crippen molar-refractivity contribution in [3.63, 3.8) is 0 Å². The lowest BCUT2D eigenvalue weighted by Crippen LogP contribution is -2.28. The van der Waals surface area contributed by atoms with E-state index in [1.54, 1.807) is 11.1 Å². The Balaban J connectivity index is 3.32. The van der Waals surface area contributed by atoms with Crippen LogP contribution in [-0.2, 0) is 0 Å². The topological polar surface area (TPSA) is 0 Å². The van der Waals surface area contributed by atoms with Gasteiger partial charge in [-0.1, -0.05) is 31.9 Å². The highest BCUT2D eigenvalue weighted by Crippen LogP contribution is 2.46. The number of hydrogen-bond donors (Lipinski definition) is 0. The Labute approximate surface area is 82.7 Å². The predicted octanol–water partition coefficient (Wildman–Crippen LogP) is 4.34. The smallest absolute Gasteiger partial charge is 0.00788 e. The van der Waals surface area contributed by atoms with Crippen molar-refractivity contribution in [1.82, 2.24) is 0 Å². The van der Waals surface area contributed by atoms with E-state index >= 15 is 0 Å². The Morgan fingerprint density at radius 1 is 0.923 bits per heavy atom. The third kappa shape index (κ3) is 1.37. The molecule has 0 heterocycles. The molecule has 1 aliphatic rings. The molecule has 0 N–H and O–H groups in total. The Morgan fingerprint density at radius 3 is 1.85 bits per heavy atom. The van der Waals surface area contributed by atoms with Gasteiger partial charge in [0, 0.05) is 0 Å². The van der Waals surface area contributed by atoms with E-state index in [-0.39, 0.29) is 0 Å². The molecule has 0 aromatic rings. The van der Waals surface area contributed by atoms with Crippen LogP contribution < -0.4 is 0 Å². The van der Waals surface area contributed by atoms with Gasteiger partial charge in [0.05, 0.1) is 0 Å². The second-order valence-corrected chi connectivity index (χ2v) is 5.00. The first-order chi connectivity index (χ1) is 5.80. The third-order valence-electron chi connectivity index (χ3n) is 4.42. The zero-order valence-electron chi connectivity index (χ0n) is 10.1. The van der Waals surface area contributed by atoms with E-state index in [2.05, 4.69) is 48.5 Å². The summed E-state index contributed by atoms with van der Waals surface area (Å²) in [6.45, 7) is 16.1. The molecule has 74 valence electrons. The lowest BCUT2D eigenvalue weighted by atomic mass is 9.65. The molecule has 0 bridgehead atoms. The summed E-state index contributed by atoms with van der Waals surface area (Å²) in [4.78, 5) is 0. The van der Waals surface area contributed by atoms with E-state index in [0.29, 0.717) is 11.3 Å². The summed E-state index contributed by atoms with van der Waals surface area (Å²) < 4.78 is 0. The summed E-state index contributed by atoms with van der Waals surface area (Å²) in [5, 5.41) is 0. The summed E-state index contributed by atoms with van der Waals surface area (Å²) >= 11 is 0. The van der Waals surface area contributed by atoms with Crippen LogP contribution in [0, 0.1) is 11.3 Å². The molecule has 0 aliphatic heterocycles. The second kappa shape index (κ2) is 3.01. The Kier molecular flexibility index (Phi) is 2.44. The average molecular weight is 178 g/mol. The molecule has 1 unspecified atom stereocenters. The largest absolute Gasteiger partial charge is 0.0665 e. The molecule has 0 radical (unpaired) electrons. The summed E-state index contributed by atoms with van der Waals surface area (Å²) in [6.07, 6.45) is 0. The molecular formula is C13H22. The van der Waals surface area contributed by atoms with Gasteiger partial charge in [-0.15, -0.1) is 0 Å². The van der Waals surface area contributed by atoms with Crippen molar-refractivity contribution in [2.75, 3.05) is 0 Å². The van der Waals surface area contributed by atoms with Gasteiger partial charge in [-0.2, -0.15) is 0 Å². The molecule has 0 fully saturated rings. The lowest BCUT2D eigenvalue weighted by molar-refractivity contribution is 0.316. The predicted molar refractivity (Wildman–Crippen MR) is 59.7 cm³/mol. The molecule has 1 rings (SSSR count). The van der Waals surface area contributed by atoms with Crippen LogP contribution in [0.1, 0.15) is 48.5 Å². The van der Waals surface area contributed by atoms with E-state index in [4.69, 9.17) is 0 Å². The zero-order valence-corrected chi connectivity index (χ0v) is 10.1. The van der Waals surface area contributed by atoms with Gasteiger partial charge in [0.2, 0.25) is 0 Å². The van der Waals surface area contributed by atoms with Crippen molar-refractivity contribution >= 4 is 0 Å². The maximum absolute atomic E-state index is 2.35. The van der Waals surface area contributed by atoms with Gasteiger partial charge in [0.1, 0.15) is 0 Å². The fourth-order valence-corrected chi connectivity index (χ4v) is 2.25. The maximum atomic E-state index is 2.35. The number of hydrogen-bond acceptors (Lipinski definition) is 0. The van der Waals surface area contributed by atoms with Crippen LogP contribution in [0.2, 0.25) is 0 Å².